The van der Waals surface area contributed by atoms with Gasteiger partial charge in [0.05, 0.1) is 30.5 Å². The van der Waals surface area contributed by atoms with E-state index in [1.165, 1.54) is 13.8 Å². The molecule has 2 saturated carbocycles. The van der Waals surface area contributed by atoms with Crippen LogP contribution in [0.5, 0.6) is 0 Å². The van der Waals surface area contributed by atoms with Gasteiger partial charge in [-0.2, -0.15) is 0 Å². The van der Waals surface area contributed by atoms with Crippen LogP contribution in [0.25, 0.3) is 0 Å². The summed E-state index contributed by atoms with van der Waals surface area (Å²) in [7, 11) is 0. The minimum Gasteiger partial charge on any atom is -0.472 e. The molecule has 10 nitrogen and oxygen atoms in total. The lowest BCUT2D eigenvalue weighted by molar-refractivity contribution is -0.283. The highest BCUT2D eigenvalue weighted by atomic mass is 16.7. The first-order valence-corrected chi connectivity index (χ1v) is 13.3. The number of ether oxygens (including phenoxy) is 6. The quantitative estimate of drug-likeness (QED) is 0.315. The van der Waals surface area contributed by atoms with Gasteiger partial charge in [0.25, 0.3) is 0 Å². The maximum absolute atomic E-state index is 12.4. The van der Waals surface area contributed by atoms with Crippen LogP contribution in [0.4, 0.5) is 0 Å². The number of epoxide rings is 1. The fourth-order valence-electron chi connectivity index (χ4n) is 7.83. The molecule has 0 unspecified atom stereocenters. The van der Waals surface area contributed by atoms with E-state index in [1.54, 1.807) is 13.2 Å². The van der Waals surface area contributed by atoms with Crippen LogP contribution in [0.3, 0.4) is 0 Å². The third kappa shape index (κ3) is 3.89. The van der Waals surface area contributed by atoms with E-state index in [0.717, 1.165) is 6.42 Å². The van der Waals surface area contributed by atoms with E-state index in [2.05, 4.69) is 13.8 Å². The van der Waals surface area contributed by atoms with E-state index < -0.39 is 52.7 Å². The Morgan fingerprint density at radius 3 is 2.43 bits per heavy atom. The van der Waals surface area contributed by atoms with Crippen molar-refractivity contribution in [2.45, 2.75) is 96.6 Å². The first-order chi connectivity index (χ1) is 17.5. The molecule has 0 aromatic rings. The van der Waals surface area contributed by atoms with Crippen molar-refractivity contribution in [2.75, 3.05) is 13.2 Å². The molecule has 3 aliphatic heterocycles. The number of aliphatic hydroxyl groups is 1. The number of hydrogen-bond donors (Lipinski definition) is 1. The minimum atomic E-state index is -1.18. The highest BCUT2D eigenvalue weighted by Gasteiger charge is 2.81. The second-order valence-corrected chi connectivity index (χ2v) is 11.6. The molecule has 4 fully saturated rings. The van der Waals surface area contributed by atoms with Crippen molar-refractivity contribution < 1.29 is 47.9 Å². The van der Waals surface area contributed by atoms with Crippen molar-refractivity contribution in [2.24, 2.45) is 28.6 Å². The van der Waals surface area contributed by atoms with Crippen molar-refractivity contribution >= 4 is 17.9 Å². The number of rotatable bonds is 6. The number of aliphatic hydroxyl groups excluding tert-OH is 1. The number of fused-ring (bicyclic) bond motifs is 3. The van der Waals surface area contributed by atoms with Gasteiger partial charge >= 0.3 is 17.9 Å². The molecule has 0 bridgehead atoms. The Labute approximate surface area is 216 Å². The van der Waals surface area contributed by atoms with Crippen molar-refractivity contribution in [3.63, 3.8) is 0 Å². The van der Waals surface area contributed by atoms with Crippen LogP contribution in [0.1, 0.15) is 60.3 Å². The van der Waals surface area contributed by atoms with Crippen LogP contribution < -0.4 is 0 Å². The van der Waals surface area contributed by atoms with Gasteiger partial charge in [0.1, 0.15) is 18.3 Å². The van der Waals surface area contributed by atoms with Gasteiger partial charge in [-0.05, 0) is 37.2 Å². The van der Waals surface area contributed by atoms with Gasteiger partial charge in [0.2, 0.25) is 6.29 Å². The van der Waals surface area contributed by atoms with Crippen LogP contribution in [0.15, 0.2) is 12.3 Å². The first-order valence-electron chi connectivity index (χ1n) is 13.3. The van der Waals surface area contributed by atoms with Gasteiger partial charge in [0.15, 0.2) is 6.10 Å². The molecule has 0 aromatic carbocycles. The Bertz CT molecular complexity index is 974. The molecule has 5 aliphatic rings. The largest absolute Gasteiger partial charge is 0.472 e. The van der Waals surface area contributed by atoms with Crippen LogP contribution in [0, 0.1) is 28.6 Å². The second kappa shape index (κ2) is 9.24. The lowest BCUT2D eigenvalue weighted by Gasteiger charge is -2.65. The van der Waals surface area contributed by atoms with E-state index in [0.29, 0.717) is 6.42 Å². The molecule has 0 amide bonds. The lowest BCUT2D eigenvalue weighted by Crippen LogP contribution is -2.74. The summed E-state index contributed by atoms with van der Waals surface area (Å²) in [6.07, 6.45) is 1.97. The van der Waals surface area contributed by atoms with Gasteiger partial charge in [-0.25, -0.2) is 0 Å². The van der Waals surface area contributed by atoms with Gasteiger partial charge in [0, 0.05) is 31.6 Å². The molecule has 1 spiro atoms. The Kier molecular flexibility index (Phi) is 6.60. The third-order valence-corrected chi connectivity index (χ3v) is 9.84. The molecule has 2 saturated heterocycles. The van der Waals surface area contributed by atoms with Crippen molar-refractivity contribution in [3.8, 4) is 0 Å². The minimum absolute atomic E-state index is 0.0119. The molecular weight excluding hydrogens is 484 g/mol. The Morgan fingerprint density at radius 1 is 1.11 bits per heavy atom. The van der Waals surface area contributed by atoms with Crippen LogP contribution in [-0.2, 0) is 42.8 Å². The molecule has 3 heterocycles. The molecule has 11 atom stereocenters. The predicted molar refractivity (Wildman–Crippen MR) is 126 cm³/mol. The highest BCUT2D eigenvalue weighted by molar-refractivity contribution is 5.69. The summed E-state index contributed by atoms with van der Waals surface area (Å²) in [5, 5.41) is 11.5. The molecule has 2 aliphatic carbocycles. The molecule has 10 heteroatoms. The number of carbonyl (C=O) groups is 3. The van der Waals surface area contributed by atoms with Crippen LogP contribution in [0.2, 0.25) is 0 Å². The average Bonchev–Trinajstić information content (AvgIpc) is 3.32. The molecule has 1 N–H and O–H groups in total. The van der Waals surface area contributed by atoms with Crippen LogP contribution >= 0.6 is 0 Å². The molecule has 206 valence electrons. The maximum atomic E-state index is 12.4. The molecule has 37 heavy (non-hydrogen) atoms. The van der Waals surface area contributed by atoms with E-state index in [-0.39, 0.29) is 56.2 Å². The zero-order chi connectivity index (χ0) is 26.8. The summed E-state index contributed by atoms with van der Waals surface area (Å²) in [5.41, 5.74) is -2.78. The average molecular weight is 523 g/mol. The highest BCUT2D eigenvalue weighted by Crippen LogP contribution is 2.70. The van der Waals surface area contributed by atoms with Gasteiger partial charge in [-0.1, -0.05) is 20.8 Å². The Balaban J connectivity index is 1.64. The monoisotopic (exact) mass is 522 g/mol. The van der Waals surface area contributed by atoms with Crippen molar-refractivity contribution in [3.05, 3.63) is 12.3 Å². The molecule has 0 aromatic heterocycles. The van der Waals surface area contributed by atoms with Crippen LogP contribution in [-0.4, -0.2) is 72.5 Å². The fourth-order valence-corrected chi connectivity index (χ4v) is 7.83. The van der Waals surface area contributed by atoms with Crippen molar-refractivity contribution in [1.29, 1.82) is 0 Å². The normalized spacial score (nSPS) is 47.5. The summed E-state index contributed by atoms with van der Waals surface area (Å²) in [4.78, 5) is 36.9. The summed E-state index contributed by atoms with van der Waals surface area (Å²) in [6, 6.07) is 0. The maximum Gasteiger partial charge on any atom is 0.305 e. The number of carbonyl (C=O) groups excluding carboxylic acids is 3. The lowest BCUT2D eigenvalue weighted by atomic mass is 9.41. The summed E-state index contributed by atoms with van der Waals surface area (Å²) in [5.74, 6) is -1.62. The topological polar surface area (TPSA) is 130 Å². The Hall–Kier alpha value is -2.17. The smallest absolute Gasteiger partial charge is 0.305 e. The standard InChI is InChI=1S/C27H38O10/c1-6-22(31)37-23-18(30)11-19-25(5,20-10-17-7-8-32-24(17)36-20)14(2)9-21(35-16(4)29)26(19,12-33-15(3)28)27(23)13-34-27/h7-8,14,17-21,23-24,30H,6,9-13H2,1-5H3/t14-,17-,18+,19+,20+,21-,23-,24+,25+,26-,27-/m0/s1. The van der Waals surface area contributed by atoms with Gasteiger partial charge in [-0.3, -0.25) is 14.4 Å². The van der Waals surface area contributed by atoms with E-state index in [9.17, 15) is 19.5 Å². The predicted octanol–water partition coefficient (Wildman–Crippen LogP) is 2.26. The second-order valence-electron chi connectivity index (χ2n) is 11.6. The summed E-state index contributed by atoms with van der Waals surface area (Å²) >= 11 is 0. The zero-order valence-electron chi connectivity index (χ0n) is 22.1. The summed E-state index contributed by atoms with van der Waals surface area (Å²) < 4.78 is 35.7. The van der Waals surface area contributed by atoms with E-state index in [1.807, 2.05) is 6.08 Å². The first kappa shape index (κ1) is 26.4. The number of esters is 3. The van der Waals surface area contributed by atoms with Gasteiger partial charge < -0.3 is 33.5 Å². The van der Waals surface area contributed by atoms with Gasteiger partial charge in [-0.15, -0.1) is 0 Å². The molecule has 0 radical (unpaired) electrons. The molecular formula is C27H38O10. The summed E-state index contributed by atoms with van der Waals surface area (Å²) in [6.45, 7) is 8.69. The zero-order valence-corrected chi connectivity index (χ0v) is 22.1. The van der Waals surface area contributed by atoms with E-state index in [4.69, 9.17) is 28.4 Å². The fraction of sp³-hybridized carbons (Fsp3) is 0.815. The van der Waals surface area contributed by atoms with E-state index >= 15 is 0 Å². The number of hydrogen-bond acceptors (Lipinski definition) is 10. The Morgan fingerprint density at radius 2 is 1.84 bits per heavy atom. The SMILES string of the molecule is CCC(=O)O[C@H]1[C@H](O)C[C@@H]2[C@](C)([C@H]3C[C@@H]4C=CO[C@@H]4O3)[C@@H](C)C[C@H](OC(C)=O)[C@@]2(COC(C)=O)[C@]12CO2. The molecule has 5 rings (SSSR count). The third-order valence-electron chi connectivity index (χ3n) is 9.84. The van der Waals surface area contributed by atoms with Crippen molar-refractivity contribution in [1.82, 2.24) is 0 Å².